The van der Waals surface area contributed by atoms with Gasteiger partial charge in [-0.1, -0.05) is 27.7 Å². The normalized spacial score (nSPS) is 11.3. The van der Waals surface area contributed by atoms with Crippen LogP contribution in [0.5, 0.6) is 0 Å². The van der Waals surface area contributed by atoms with Gasteiger partial charge in [0.05, 0.1) is 5.69 Å². The fraction of sp³-hybridized carbons (Fsp3) is 0.529. The number of hydrogen-bond donors (Lipinski definition) is 1. The number of thiazole rings is 1. The number of rotatable bonds is 7. The first-order valence-electron chi connectivity index (χ1n) is 7.80. The van der Waals surface area contributed by atoms with Crippen LogP contribution in [0.1, 0.15) is 56.2 Å². The van der Waals surface area contributed by atoms with Crippen molar-refractivity contribution in [3.05, 3.63) is 34.6 Å². The van der Waals surface area contributed by atoms with Crippen molar-refractivity contribution in [3.63, 3.8) is 0 Å². The lowest BCUT2D eigenvalue weighted by atomic mass is 10.1. The van der Waals surface area contributed by atoms with Gasteiger partial charge >= 0.3 is 0 Å². The van der Waals surface area contributed by atoms with Crippen LogP contribution >= 0.6 is 11.3 Å². The molecular formula is C17H25N3S. The third kappa shape index (κ3) is 3.89. The Kier molecular flexibility index (Phi) is 5.88. The van der Waals surface area contributed by atoms with Crippen molar-refractivity contribution in [2.45, 2.75) is 53.0 Å². The van der Waals surface area contributed by atoms with Crippen molar-refractivity contribution in [3.8, 4) is 10.6 Å². The van der Waals surface area contributed by atoms with Crippen molar-refractivity contribution < 1.29 is 0 Å². The Balaban J connectivity index is 2.34. The highest BCUT2D eigenvalue weighted by Gasteiger charge is 2.16. The molecule has 4 heteroatoms. The third-order valence-corrected chi connectivity index (χ3v) is 4.61. The fourth-order valence-electron chi connectivity index (χ4n) is 2.35. The Morgan fingerprint density at radius 1 is 1.29 bits per heavy atom. The lowest BCUT2D eigenvalue weighted by Crippen LogP contribution is -2.14. The molecule has 0 spiro atoms. The summed E-state index contributed by atoms with van der Waals surface area (Å²) in [4.78, 5) is 10.5. The third-order valence-electron chi connectivity index (χ3n) is 3.50. The van der Waals surface area contributed by atoms with Gasteiger partial charge in [-0.05, 0) is 36.9 Å². The number of pyridine rings is 1. The summed E-state index contributed by atoms with van der Waals surface area (Å²) < 4.78 is 0. The Labute approximate surface area is 131 Å². The van der Waals surface area contributed by atoms with Crippen molar-refractivity contribution in [1.29, 1.82) is 0 Å². The molecule has 0 unspecified atom stereocenters. The van der Waals surface area contributed by atoms with Gasteiger partial charge < -0.3 is 5.32 Å². The maximum absolute atomic E-state index is 4.92. The van der Waals surface area contributed by atoms with Crippen molar-refractivity contribution >= 4 is 11.3 Å². The van der Waals surface area contributed by atoms with E-state index in [0.29, 0.717) is 5.92 Å². The molecule has 114 valence electrons. The van der Waals surface area contributed by atoms with Gasteiger partial charge in [-0.2, -0.15) is 0 Å². The minimum Gasteiger partial charge on any atom is -0.312 e. The molecule has 0 bridgehead atoms. The smallest absolute Gasteiger partial charge is 0.124 e. The first-order valence-corrected chi connectivity index (χ1v) is 8.62. The molecule has 0 saturated carbocycles. The highest BCUT2D eigenvalue weighted by molar-refractivity contribution is 7.15. The van der Waals surface area contributed by atoms with Gasteiger partial charge in [-0.25, -0.2) is 4.98 Å². The van der Waals surface area contributed by atoms with E-state index in [9.17, 15) is 0 Å². The summed E-state index contributed by atoms with van der Waals surface area (Å²) in [5.41, 5.74) is 3.74. The van der Waals surface area contributed by atoms with Crippen LogP contribution < -0.4 is 5.32 Å². The first-order chi connectivity index (χ1) is 10.2. The molecule has 2 aromatic heterocycles. The summed E-state index contributed by atoms with van der Waals surface area (Å²) >= 11 is 1.82. The minimum absolute atomic E-state index is 0.459. The molecule has 0 saturated heterocycles. The summed E-state index contributed by atoms with van der Waals surface area (Å²) in [7, 11) is 0. The number of nitrogens with zero attached hydrogens (tertiary/aromatic N) is 2. The van der Waals surface area contributed by atoms with Gasteiger partial charge in [0.15, 0.2) is 0 Å². The molecule has 3 nitrogen and oxygen atoms in total. The highest BCUT2D eigenvalue weighted by atomic mass is 32.1. The summed E-state index contributed by atoms with van der Waals surface area (Å²) in [6.07, 6.45) is 5.97. The van der Waals surface area contributed by atoms with Crippen molar-refractivity contribution in [2.75, 3.05) is 6.54 Å². The van der Waals surface area contributed by atoms with Gasteiger partial charge in [-0.15, -0.1) is 11.3 Å². The number of aromatic nitrogens is 2. The van der Waals surface area contributed by atoms with Crippen LogP contribution in [0.4, 0.5) is 0 Å². The molecule has 0 fully saturated rings. The van der Waals surface area contributed by atoms with E-state index in [1.54, 1.807) is 0 Å². The van der Waals surface area contributed by atoms with Gasteiger partial charge in [0.2, 0.25) is 0 Å². The van der Waals surface area contributed by atoms with Gasteiger partial charge in [0.25, 0.3) is 0 Å². The Morgan fingerprint density at radius 2 is 2.10 bits per heavy atom. The van der Waals surface area contributed by atoms with E-state index in [2.05, 4.69) is 44.1 Å². The zero-order valence-corrected chi connectivity index (χ0v) is 14.3. The summed E-state index contributed by atoms with van der Waals surface area (Å²) in [5, 5.41) is 4.63. The average molecular weight is 303 g/mol. The highest BCUT2D eigenvalue weighted by Crippen LogP contribution is 2.33. The molecular weight excluding hydrogens is 278 g/mol. The fourth-order valence-corrected chi connectivity index (χ4v) is 3.60. The lowest BCUT2D eigenvalue weighted by Gasteiger charge is -2.05. The van der Waals surface area contributed by atoms with E-state index in [1.807, 2.05) is 23.7 Å². The second kappa shape index (κ2) is 7.66. The number of aryl methyl sites for hydroxylation is 1. The van der Waals surface area contributed by atoms with E-state index in [1.165, 1.54) is 21.7 Å². The minimum atomic E-state index is 0.459. The van der Waals surface area contributed by atoms with Crippen molar-refractivity contribution in [2.24, 2.45) is 0 Å². The van der Waals surface area contributed by atoms with Gasteiger partial charge in [0.1, 0.15) is 5.01 Å². The van der Waals surface area contributed by atoms with Gasteiger partial charge in [-0.3, -0.25) is 4.98 Å². The summed E-state index contributed by atoms with van der Waals surface area (Å²) in [5.74, 6) is 0.459. The van der Waals surface area contributed by atoms with Crippen LogP contribution in [0.2, 0.25) is 0 Å². The molecule has 0 aliphatic carbocycles. The predicted octanol–water partition coefficient (Wildman–Crippen LogP) is 4.39. The van der Waals surface area contributed by atoms with Crippen LogP contribution in [-0.2, 0) is 13.0 Å². The van der Waals surface area contributed by atoms with Gasteiger partial charge in [0, 0.05) is 29.4 Å². The molecule has 2 aromatic rings. The molecule has 0 radical (unpaired) electrons. The zero-order chi connectivity index (χ0) is 15.2. The van der Waals surface area contributed by atoms with Crippen molar-refractivity contribution in [1.82, 2.24) is 15.3 Å². The number of hydrogen-bond acceptors (Lipinski definition) is 4. The molecule has 2 heterocycles. The Bertz CT molecular complexity index is 575. The van der Waals surface area contributed by atoms with E-state index < -0.39 is 0 Å². The molecule has 2 rings (SSSR count). The van der Waals surface area contributed by atoms with E-state index >= 15 is 0 Å². The second-order valence-electron chi connectivity index (χ2n) is 5.55. The maximum Gasteiger partial charge on any atom is 0.124 e. The van der Waals surface area contributed by atoms with Crippen LogP contribution in [0, 0.1) is 0 Å². The van der Waals surface area contributed by atoms with Crippen LogP contribution in [0.15, 0.2) is 18.5 Å². The summed E-state index contributed by atoms with van der Waals surface area (Å²) in [6.45, 7) is 10.8. The first kappa shape index (κ1) is 16.1. The molecule has 0 aliphatic rings. The molecule has 0 atom stereocenters. The number of nitrogens with one attached hydrogen (secondary N) is 1. The molecule has 0 amide bonds. The Hall–Kier alpha value is -1.26. The van der Waals surface area contributed by atoms with E-state index in [4.69, 9.17) is 4.98 Å². The van der Waals surface area contributed by atoms with E-state index in [-0.39, 0.29) is 0 Å². The second-order valence-corrected chi connectivity index (χ2v) is 6.63. The van der Waals surface area contributed by atoms with E-state index in [0.717, 1.165) is 30.9 Å². The van der Waals surface area contributed by atoms with Crippen LogP contribution in [0.25, 0.3) is 10.6 Å². The maximum atomic E-state index is 4.92. The predicted molar refractivity (Wildman–Crippen MR) is 90.8 cm³/mol. The Morgan fingerprint density at radius 3 is 2.76 bits per heavy atom. The monoisotopic (exact) mass is 303 g/mol. The topological polar surface area (TPSA) is 37.8 Å². The molecule has 0 aliphatic heterocycles. The largest absolute Gasteiger partial charge is 0.312 e. The quantitative estimate of drug-likeness (QED) is 0.771. The molecule has 0 aromatic carbocycles. The standard InChI is InChI=1S/C17H25N3S/c1-5-8-18-11-15-16(12(3)4)20-17(21-15)14-7-9-19-10-13(14)6-2/h7,9-10,12,18H,5-6,8,11H2,1-4H3. The lowest BCUT2D eigenvalue weighted by molar-refractivity contribution is 0.670. The molecule has 21 heavy (non-hydrogen) atoms. The summed E-state index contributed by atoms with van der Waals surface area (Å²) in [6, 6.07) is 2.09. The zero-order valence-electron chi connectivity index (χ0n) is 13.4. The molecule has 1 N–H and O–H groups in total. The SMILES string of the molecule is CCCNCc1sc(-c2ccncc2CC)nc1C(C)C. The average Bonchev–Trinajstić information content (AvgIpc) is 2.92. The van der Waals surface area contributed by atoms with Crippen LogP contribution in [-0.4, -0.2) is 16.5 Å². The van der Waals surface area contributed by atoms with Crippen LogP contribution in [0.3, 0.4) is 0 Å².